The van der Waals surface area contributed by atoms with E-state index in [0.717, 1.165) is 22.3 Å². The molecule has 0 unspecified atom stereocenters. The molecule has 2 heterocycles. The summed E-state index contributed by atoms with van der Waals surface area (Å²) in [5, 5.41) is 27.2. The van der Waals surface area contributed by atoms with Gasteiger partial charge in [-0.2, -0.15) is 5.26 Å². The van der Waals surface area contributed by atoms with Crippen molar-refractivity contribution in [3.05, 3.63) is 83.7 Å². The number of hydrogen-bond acceptors (Lipinski definition) is 8. The molecule has 0 atom stereocenters. The van der Waals surface area contributed by atoms with Gasteiger partial charge in [-0.25, -0.2) is 4.98 Å². The maximum atomic E-state index is 9.30. The number of aliphatic hydroxyl groups is 1. The Hall–Kier alpha value is -3.93. The number of thioether (sulfide) groups is 1. The summed E-state index contributed by atoms with van der Waals surface area (Å²) in [5.74, 6) is 1.32. The number of nitrogens with zero attached hydrogens (tertiary/aromatic N) is 4. The van der Waals surface area contributed by atoms with Crippen molar-refractivity contribution in [2.24, 2.45) is 0 Å². The second kappa shape index (κ2) is 8.67. The van der Waals surface area contributed by atoms with E-state index in [1.165, 1.54) is 11.8 Å². The predicted octanol–water partition coefficient (Wildman–Crippen LogP) is 5.20. The first-order valence-corrected chi connectivity index (χ1v) is 10.8. The summed E-state index contributed by atoms with van der Waals surface area (Å²) < 4.78 is 11.3. The van der Waals surface area contributed by atoms with E-state index in [4.69, 9.17) is 13.9 Å². The second-order valence-corrected chi connectivity index (χ2v) is 7.89. The van der Waals surface area contributed by atoms with E-state index in [-0.39, 0.29) is 12.5 Å². The zero-order valence-electron chi connectivity index (χ0n) is 16.7. The molecule has 0 bridgehead atoms. The van der Waals surface area contributed by atoms with Gasteiger partial charge in [-0.1, -0.05) is 54.2 Å². The van der Waals surface area contributed by atoms with Crippen molar-refractivity contribution in [1.82, 2.24) is 15.2 Å². The smallest absolute Gasteiger partial charge is 0.277 e. The molecule has 7 nitrogen and oxygen atoms in total. The number of fused-ring (bicyclic) bond motifs is 1. The van der Waals surface area contributed by atoms with E-state index >= 15 is 0 Å². The van der Waals surface area contributed by atoms with Crippen molar-refractivity contribution in [1.29, 1.82) is 5.26 Å². The van der Waals surface area contributed by atoms with Gasteiger partial charge in [-0.15, -0.1) is 10.2 Å². The minimum absolute atomic E-state index is 0.253. The van der Waals surface area contributed by atoms with Crippen LogP contribution < -0.4 is 0 Å². The summed E-state index contributed by atoms with van der Waals surface area (Å²) in [5.41, 5.74) is 5.62. The quantitative estimate of drug-likeness (QED) is 0.359. The van der Waals surface area contributed by atoms with Crippen LogP contribution in [0.3, 0.4) is 0 Å². The van der Waals surface area contributed by atoms with Crippen LogP contribution in [0.2, 0.25) is 0 Å². The molecule has 0 aliphatic rings. The van der Waals surface area contributed by atoms with Crippen molar-refractivity contribution in [2.75, 3.05) is 0 Å². The minimum atomic E-state index is -0.253. The lowest BCUT2D eigenvalue weighted by atomic mass is 10.00. The van der Waals surface area contributed by atoms with Crippen LogP contribution in [0.4, 0.5) is 0 Å². The molecule has 2 aromatic heterocycles. The van der Waals surface area contributed by atoms with Crippen molar-refractivity contribution in [3.8, 4) is 28.7 Å². The number of aliphatic hydroxyl groups excluding tert-OH is 1. The van der Waals surface area contributed by atoms with E-state index in [0.29, 0.717) is 33.5 Å². The molecule has 0 radical (unpaired) electrons. The van der Waals surface area contributed by atoms with Crippen LogP contribution in [-0.4, -0.2) is 20.3 Å². The molecule has 1 N–H and O–H groups in total. The van der Waals surface area contributed by atoms with Crippen molar-refractivity contribution < 1.29 is 13.9 Å². The lowest BCUT2D eigenvalue weighted by Gasteiger charge is -2.05. The third kappa shape index (κ3) is 3.99. The lowest BCUT2D eigenvalue weighted by Crippen LogP contribution is -1.85. The SMILES string of the molecule is N#Cc1ccccc1-c1ccc(CSc2nnc(-c3ccc4nc(CO)oc4c3)o2)cc1. The molecule has 32 heavy (non-hydrogen) atoms. The van der Waals surface area contributed by atoms with Gasteiger partial charge in [0.05, 0.1) is 11.6 Å². The van der Waals surface area contributed by atoms with Gasteiger partial charge in [0.2, 0.25) is 11.8 Å². The van der Waals surface area contributed by atoms with Crippen LogP contribution in [0.15, 0.2) is 80.8 Å². The fourth-order valence-electron chi connectivity index (χ4n) is 3.32. The Morgan fingerprint density at radius 3 is 2.56 bits per heavy atom. The fourth-order valence-corrected chi connectivity index (χ4v) is 4.03. The Labute approximate surface area is 187 Å². The number of oxazole rings is 1. The van der Waals surface area contributed by atoms with Crippen LogP contribution in [0.1, 0.15) is 17.0 Å². The molecular weight excluding hydrogens is 424 g/mol. The van der Waals surface area contributed by atoms with E-state index in [2.05, 4.69) is 21.3 Å². The third-order valence-electron chi connectivity index (χ3n) is 4.90. The van der Waals surface area contributed by atoms with E-state index in [1.54, 1.807) is 12.1 Å². The monoisotopic (exact) mass is 440 g/mol. The summed E-state index contributed by atoms with van der Waals surface area (Å²) in [6.45, 7) is -0.253. The zero-order valence-corrected chi connectivity index (χ0v) is 17.5. The number of hydrogen-bond donors (Lipinski definition) is 1. The number of rotatable bonds is 6. The van der Waals surface area contributed by atoms with E-state index in [9.17, 15) is 5.26 Å². The third-order valence-corrected chi connectivity index (χ3v) is 5.79. The van der Waals surface area contributed by atoms with Gasteiger partial charge in [-0.3, -0.25) is 0 Å². The average molecular weight is 440 g/mol. The maximum Gasteiger partial charge on any atom is 0.277 e. The first-order valence-electron chi connectivity index (χ1n) is 9.79. The van der Waals surface area contributed by atoms with Crippen LogP contribution >= 0.6 is 11.8 Å². The number of benzene rings is 3. The number of aromatic nitrogens is 3. The standard InChI is InChI=1S/C24H16N4O3S/c25-12-18-3-1-2-4-19(18)16-7-5-15(6-8-16)14-32-24-28-27-23(31-24)17-9-10-20-21(11-17)30-22(13-29)26-20/h1-11,29H,13-14H2. The Morgan fingerprint density at radius 1 is 0.938 bits per heavy atom. The topological polar surface area (TPSA) is 109 Å². The first kappa shape index (κ1) is 20.0. The van der Waals surface area contributed by atoms with Crippen LogP contribution in [0.25, 0.3) is 33.7 Å². The molecule has 0 saturated carbocycles. The first-order chi connectivity index (χ1) is 15.7. The molecule has 0 spiro atoms. The summed E-state index contributed by atoms with van der Waals surface area (Å²) in [6, 6.07) is 23.3. The minimum Gasteiger partial charge on any atom is -0.438 e. The van der Waals surface area contributed by atoms with Gasteiger partial charge < -0.3 is 13.9 Å². The van der Waals surface area contributed by atoms with Gasteiger partial charge >= 0.3 is 0 Å². The van der Waals surface area contributed by atoms with E-state index in [1.807, 2.05) is 54.6 Å². The van der Waals surface area contributed by atoms with Crippen LogP contribution in [-0.2, 0) is 12.4 Å². The second-order valence-electron chi connectivity index (χ2n) is 6.96. The zero-order chi connectivity index (χ0) is 21.9. The Morgan fingerprint density at radius 2 is 1.75 bits per heavy atom. The molecule has 8 heteroatoms. The van der Waals surface area contributed by atoms with Crippen molar-refractivity contribution >= 4 is 22.9 Å². The molecular formula is C24H16N4O3S. The Kier molecular flexibility index (Phi) is 5.42. The van der Waals surface area contributed by atoms with Gasteiger partial charge in [0.15, 0.2) is 5.58 Å². The summed E-state index contributed by atoms with van der Waals surface area (Å²) >= 11 is 1.45. The van der Waals surface area contributed by atoms with Gasteiger partial charge in [0.1, 0.15) is 12.1 Å². The molecule has 5 rings (SSSR count). The number of nitriles is 1. The largest absolute Gasteiger partial charge is 0.438 e. The molecule has 5 aromatic rings. The van der Waals surface area contributed by atoms with Crippen molar-refractivity contribution in [3.63, 3.8) is 0 Å². The predicted molar refractivity (Wildman–Crippen MR) is 119 cm³/mol. The lowest BCUT2D eigenvalue weighted by molar-refractivity contribution is 0.244. The fraction of sp³-hybridized carbons (Fsp3) is 0.0833. The highest BCUT2D eigenvalue weighted by molar-refractivity contribution is 7.98. The molecule has 3 aromatic carbocycles. The molecule has 0 aliphatic heterocycles. The summed E-state index contributed by atoms with van der Waals surface area (Å²) in [4.78, 5) is 4.17. The summed E-state index contributed by atoms with van der Waals surface area (Å²) in [7, 11) is 0. The molecule has 0 fully saturated rings. The van der Waals surface area contributed by atoms with Gasteiger partial charge in [0.25, 0.3) is 5.22 Å². The molecule has 156 valence electrons. The average Bonchev–Trinajstić information content (AvgIpc) is 3.49. The van der Waals surface area contributed by atoms with Gasteiger partial charge in [-0.05, 0) is 41.0 Å². The molecule has 0 aliphatic carbocycles. The Balaban J connectivity index is 1.28. The van der Waals surface area contributed by atoms with Crippen LogP contribution in [0, 0.1) is 11.3 Å². The van der Waals surface area contributed by atoms with Crippen molar-refractivity contribution in [2.45, 2.75) is 17.6 Å². The highest BCUT2D eigenvalue weighted by Gasteiger charge is 2.13. The Bertz CT molecular complexity index is 1430. The summed E-state index contributed by atoms with van der Waals surface area (Å²) in [6.07, 6.45) is 0. The van der Waals surface area contributed by atoms with Gasteiger partial charge in [0, 0.05) is 11.3 Å². The molecule has 0 amide bonds. The maximum absolute atomic E-state index is 9.30. The molecule has 0 saturated heterocycles. The van der Waals surface area contributed by atoms with Crippen LogP contribution in [0.5, 0.6) is 0 Å². The normalized spacial score (nSPS) is 11.0. The highest BCUT2D eigenvalue weighted by atomic mass is 32.2. The highest BCUT2D eigenvalue weighted by Crippen LogP contribution is 2.29. The van der Waals surface area contributed by atoms with E-state index < -0.39 is 0 Å².